The lowest BCUT2D eigenvalue weighted by molar-refractivity contribution is -0.135. The van der Waals surface area contributed by atoms with Crippen LogP contribution in [0.2, 0.25) is 0 Å². The van der Waals surface area contributed by atoms with Gasteiger partial charge in [0.15, 0.2) is 6.29 Å². The third-order valence-electron chi connectivity index (χ3n) is 6.08. The number of carbonyl (C=O) groups excluding carboxylic acids is 2. The molecular weight excluding hydrogens is 388 g/mol. The maximum absolute atomic E-state index is 12.7. The minimum atomic E-state index is -1.55. The molecule has 4 heteroatoms. The Morgan fingerprint density at radius 2 is 1.81 bits per heavy atom. The van der Waals surface area contributed by atoms with Crippen molar-refractivity contribution in [3.63, 3.8) is 0 Å². The molecule has 0 heterocycles. The predicted molar refractivity (Wildman–Crippen MR) is 119 cm³/mol. The van der Waals surface area contributed by atoms with Gasteiger partial charge in [0.25, 0.3) is 0 Å². The molecule has 0 saturated carbocycles. The molecule has 3 aromatic carbocycles. The Balaban J connectivity index is 1.80. The molecule has 158 valence electrons. The molecule has 1 N–H and O–H groups in total. The number of ether oxygens (including phenoxy) is 1. The molecule has 31 heavy (non-hydrogen) atoms. The van der Waals surface area contributed by atoms with Crippen LogP contribution in [0.3, 0.4) is 0 Å². The van der Waals surface area contributed by atoms with Gasteiger partial charge in [0.05, 0.1) is 5.92 Å². The molecule has 0 spiro atoms. The van der Waals surface area contributed by atoms with E-state index in [1.165, 1.54) is 0 Å². The first-order chi connectivity index (χ1) is 14.9. The zero-order valence-electron chi connectivity index (χ0n) is 17.7. The van der Waals surface area contributed by atoms with E-state index in [-0.39, 0.29) is 12.3 Å². The van der Waals surface area contributed by atoms with Gasteiger partial charge in [-0.15, -0.1) is 0 Å². The van der Waals surface area contributed by atoms with Crippen LogP contribution in [0.5, 0.6) is 5.75 Å². The highest BCUT2D eigenvalue weighted by atomic mass is 16.5. The molecule has 0 fully saturated rings. The van der Waals surface area contributed by atoms with Crippen molar-refractivity contribution in [3.8, 4) is 5.75 Å². The summed E-state index contributed by atoms with van der Waals surface area (Å²) >= 11 is 0. The number of aldehydes is 1. The third kappa shape index (κ3) is 3.91. The summed E-state index contributed by atoms with van der Waals surface area (Å²) in [5.41, 5.74) is 2.62. The van der Waals surface area contributed by atoms with Crippen LogP contribution in [0.25, 0.3) is 0 Å². The van der Waals surface area contributed by atoms with Gasteiger partial charge in [-0.1, -0.05) is 80.6 Å². The number of ketones is 1. The van der Waals surface area contributed by atoms with Gasteiger partial charge in [-0.05, 0) is 34.2 Å². The molecule has 2 atom stereocenters. The van der Waals surface area contributed by atoms with Crippen molar-refractivity contribution >= 4 is 12.1 Å². The molecule has 1 aliphatic carbocycles. The minimum absolute atomic E-state index is 0.246. The van der Waals surface area contributed by atoms with Crippen molar-refractivity contribution < 1.29 is 19.4 Å². The zero-order valence-corrected chi connectivity index (χ0v) is 17.7. The minimum Gasteiger partial charge on any atom is -0.489 e. The molecule has 0 aliphatic heterocycles. The summed E-state index contributed by atoms with van der Waals surface area (Å²) in [7, 11) is 0. The molecular formula is C27H26O4. The topological polar surface area (TPSA) is 63.6 Å². The highest BCUT2D eigenvalue weighted by Crippen LogP contribution is 2.50. The van der Waals surface area contributed by atoms with Crippen LogP contribution in [0.4, 0.5) is 0 Å². The largest absolute Gasteiger partial charge is 0.489 e. The standard InChI is InChI=1S/C27H26O4/c1-18(2)20-12-13-23(25(14-20)31-17-19-8-4-3-5-9-19)27(30)15-21-10-6-7-11-22(21)26(27)24(29)16-28/h3-14,16,18,26,30H,15,17H2,1-2H3. The van der Waals surface area contributed by atoms with E-state index in [2.05, 4.69) is 13.8 Å². The Morgan fingerprint density at radius 3 is 2.52 bits per heavy atom. The molecule has 0 amide bonds. The van der Waals surface area contributed by atoms with Crippen molar-refractivity contribution in [3.05, 3.63) is 101 Å². The first kappa shape index (κ1) is 21.0. The summed E-state index contributed by atoms with van der Waals surface area (Å²) < 4.78 is 6.19. The van der Waals surface area contributed by atoms with Crippen LogP contribution >= 0.6 is 0 Å². The average molecular weight is 415 g/mol. The van der Waals surface area contributed by atoms with Gasteiger partial charge in [-0.2, -0.15) is 0 Å². The third-order valence-corrected chi connectivity index (χ3v) is 6.08. The zero-order chi connectivity index (χ0) is 22.0. The lowest BCUT2D eigenvalue weighted by atomic mass is 9.78. The second-order valence-corrected chi connectivity index (χ2v) is 8.44. The first-order valence-electron chi connectivity index (χ1n) is 10.5. The van der Waals surface area contributed by atoms with Gasteiger partial charge in [0.2, 0.25) is 5.78 Å². The van der Waals surface area contributed by atoms with Crippen molar-refractivity contribution in [1.82, 2.24) is 0 Å². The smallest absolute Gasteiger partial charge is 0.205 e. The number of fused-ring (bicyclic) bond motifs is 1. The monoisotopic (exact) mass is 414 g/mol. The van der Waals surface area contributed by atoms with Crippen molar-refractivity contribution in [1.29, 1.82) is 0 Å². The molecule has 0 aromatic heterocycles. The fourth-order valence-electron chi connectivity index (χ4n) is 4.44. The molecule has 4 rings (SSSR count). The van der Waals surface area contributed by atoms with Gasteiger partial charge >= 0.3 is 0 Å². The van der Waals surface area contributed by atoms with Gasteiger partial charge in [-0.3, -0.25) is 9.59 Å². The summed E-state index contributed by atoms with van der Waals surface area (Å²) in [6.45, 7) is 4.52. The van der Waals surface area contributed by atoms with E-state index in [1.54, 1.807) is 0 Å². The lowest BCUT2D eigenvalue weighted by Gasteiger charge is -2.31. The van der Waals surface area contributed by atoms with Crippen LogP contribution in [-0.2, 0) is 28.2 Å². The van der Waals surface area contributed by atoms with Crippen molar-refractivity contribution in [2.45, 2.75) is 44.3 Å². The summed E-state index contributed by atoms with van der Waals surface area (Å²) in [5.74, 6) is -0.774. The fraction of sp³-hybridized carbons (Fsp3) is 0.259. The van der Waals surface area contributed by atoms with Gasteiger partial charge in [0.1, 0.15) is 18.0 Å². The van der Waals surface area contributed by atoms with Crippen molar-refractivity contribution in [2.75, 3.05) is 0 Å². The van der Waals surface area contributed by atoms with Gasteiger partial charge < -0.3 is 9.84 Å². The van der Waals surface area contributed by atoms with E-state index in [9.17, 15) is 14.7 Å². The SMILES string of the molecule is CC(C)c1ccc(C2(O)Cc3ccccc3C2C(=O)C=O)c(OCc2ccccc2)c1. The molecule has 3 aromatic rings. The van der Waals surface area contributed by atoms with Crippen LogP contribution in [0, 0.1) is 0 Å². The molecule has 4 nitrogen and oxygen atoms in total. The van der Waals surface area contributed by atoms with E-state index < -0.39 is 17.3 Å². The van der Waals surface area contributed by atoms with E-state index >= 15 is 0 Å². The van der Waals surface area contributed by atoms with Crippen molar-refractivity contribution in [2.24, 2.45) is 0 Å². The number of rotatable bonds is 7. The van der Waals surface area contributed by atoms with Gasteiger partial charge in [0, 0.05) is 12.0 Å². The van der Waals surface area contributed by atoms with E-state index in [4.69, 9.17) is 4.74 Å². The fourth-order valence-corrected chi connectivity index (χ4v) is 4.44. The highest BCUT2D eigenvalue weighted by Gasteiger charge is 2.50. The summed E-state index contributed by atoms with van der Waals surface area (Å²) in [6.07, 6.45) is 0.556. The Bertz CT molecular complexity index is 1100. The maximum Gasteiger partial charge on any atom is 0.205 e. The number of hydrogen-bond donors (Lipinski definition) is 1. The van der Waals surface area contributed by atoms with Crippen LogP contribution in [-0.4, -0.2) is 17.2 Å². The number of benzene rings is 3. The molecule has 0 bridgehead atoms. The Morgan fingerprint density at radius 1 is 1.10 bits per heavy atom. The van der Waals surface area contributed by atoms with Crippen LogP contribution in [0.15, 0.2) is 72.8 Å². The number of aliphatic hydroxyl groups is 1. The van der Waals surface area contributed by atoms with E-state index in [0.717, 1.165) is 16.7 Å². The second-order valence-electron chi connectivity index (χ2n) is 8.44. The summed E-state index contributed by atoms with van der Waals surface area (Å²) in [6, 6.07) is 22.9. The molecule has 1 aliphatic rings. The highest BCUT2D eigenvalue weighted by molar-refractivity contribution is 6.28. The number of hydrogen-bond acceptors (Lipinski definition) is 4. The number of carbonyl (C=O) groups is 2. The predicted octanol–water partition coefficient (Wildman–Crippen LogP) is 4.68. The van der Waals surface area contributed by atoms with E-state index in [1.807, 2.05) is 72.8 Å². The van der Waals surface area contributed by atoms with Gasteiger partial charge in [-0.25, -0.2) is 0 Å². The maximum atomic E-state index is 12.7. The Hall–Kier alpha value is -3.24. The first-order valence-corrected chi connectivity index (χ1v) is 10.5. The number of Topliss-reactive ketones (excluding diaryl/α,β-unsaturated/α-hetero) is 1. The summed E-state index contributed by atoms with van der Waals surface area (Å²) in [4.78, 5) is 24.1. The Labute approximate surface area is 182 Å². The van der Waals surface area contributed by atoms with E-state index in [0.29, 0.717) is 29.8 Å². The quantitative estimate of drug-likeness (QED) is 0.450. The molecule has 0 radical (unpaired) electrons. The normalized spacial score (nSPS) is 19.8. The summed E-state index contributed by atoms with van der Waals surface area (Å²) in [5, 5.41) is 11.9. The molecule has 2 unspecified atom stereocenters. The lowest BCUT2D eigenvalue weighted by Crippen LogP contribution is -2.36. The molecule has 0 saturated heterocycles. The Kier molecular flexibility index (Phi) is 5.75. The van der Waals surface area contributed by atoms with Crippen LogP contribution < -0.4 is 4.74 Å². The average Bonchev–Trinajstić information content (AvgIpc) is 3.10. The van der Waals surface area contributed by atoms with Crippen LogP contribution in [0.1, 0.15) is 53.5 Å². The second kappa shape index (κ2) is 8.48.